The number of nitrogens with one attached hydrogen (secondary N) is 1. The van der Waals surface area contributed by atoms with Crippen LogP contribution in [0.25, 0.3) is 21.6 Å². The van der Waals surface area contributed by atoms with Gasteiger partial charge in [0.1, 0.15) is 16.4 Å². The Morgan fingerprint density at radius 3 is 2.50 bits per heavy atom. The lowest BCUT2D eigenvalue weighted by molar-refractivity contribution is 0.0600. The van der Waals surface area contributed by atoms with Gasteiger partial charge in [-0.05, 0) is 49.2 Å². The number of ether oxygens (including phenoxy) is 2. The van der Waals surface area contributed by atoms with E-state index in [1.165, 1.54) is 12.0 Å². The minimum Gasteiger partial charge on any atom is -0.495 e. The van der Waals surface area contributed by atoms with Crippen molar-refractivity contribution < 1.29 is 14.3 Å². The first-order chi connectivity index (χ1) is 15.4. The maximum atomic E-state index is 11.7. The Morgan fingerprint density at radius 1 is 1.09 bits per heavy atom. The molecule has 4 aromatic rings. The van der Waals surface area contributed by atoms with E-state index in [2.05, 4.69) is 19.2 Å². The number of nitrogens with zero attached hydrogens (tertiary/aromatic N) is 2. The summed E-state index contributed by atoms with van der Waals surface area (Å²) in [4.78, 5) is 23.5. The minimum absolute atomic E-state index is 0.377. The quantitative estimate of drug-likeness (QED) is 0.349. The topological polar surface area (TPSA) is 73.3 Å². The zero-order valence-corrected chi connectivity index (χ0v) is 19.7. The second-order valence-electron chi connectivity index (χ2n) is 7.25. The molecule has 6 nitrogen and oxygen atoms in total. The summed E-state index contributed by atoms with van der Waals surface area (Å²) in [7, 11) is 2.96. The zero-order chi connectivity index (χ0) is 22.8. The van der Waals surface area contributed by atoms with E-state index in [9.17, 15) is 4.79 Å². The van der Waals surface area contributed by atoms with Crippen molar-refractivity contribution in [3.8, 4) is 17.1 Å². The standard InChI is InChI=1S/C24H22ClN3O3S/c1-13-14(2)32-23-20(13)22(26-12-15-5-10-19(30-3)18(25)11-15)27-21(28-23)16-6-8-17(9-7-16)24(29)31-4/h5-11H,12H2,1-4H3,(H,26,27,28). The van der Waals surface area contributed by atoms with E-state index in [0.29, 0.717) is 28.7 Å². The Kier molecular flexibility index (Phi) is 6.30. The molecule has 0 unspecified atom stereocenters. The summed E-state index contributed by atoms with van der Waals surface area (Å²) in [6, 6.07) is 12.8. The van der Waals surface area contributed by atoms with Crippen molar-refractivity contribution in [2.24, 2.45) is 0 Å². The summed E-state index contributed by atoms with van der Waals surface area (Å²) in [6.45, 7) is 4.71. The van der Waals surface area contributed by atoms with E-state index in [0.717, 1.165) is 32.7 Å². The lowest BCUT2D eigenvalue weighted by Gasteiger charge is -2.11. The molecule has 4 rings (SSSR count). The molecule has 1 N–H and O–H groups in total. The second kappa shape index (κ2) is 9.14. The van der Waals surface area contributed by atoms with Crippen molar-refractivity contribution in [1.29, 1.82) is 0 Å². The average Bonchev–Trinajstić information content (AvgIpc) is 3.10. The molecule has 8 heteroatoms. The van der Waals surface area contributed by atoms with Gasteiger partial charge in [0.2, 0.25) is 0 Å². The van der Waals surface area contributed by atoms with Gasteiger partial charge in [0, 0.05) is 17.0 Å². The van der Waals surface area contributed by atoms with Crippen molar-refractivity contribution in [1.82, 2.24) is 9.97 Å². The van der Waals surface area contributed by atoms with Crippen molar-refractivity contribution in [2.45, 2.75) is 20.4 Å². The molecule has 0 aliphatic rings. The maximum absolute atomic E-state index is 11.7. The number of benzene rings is 2. The molecule has 0 spiro atoms. The van der Waals surface area contributed by atoms with Crippen molar-refractivity contribution in [2.75, 3.05) is 19.5 Å². The monoisotopic (exact) mass is 467 g/mol. The third kappa shape index (κ3) is 4.26. The molecule has 2 heterocycles. The SMILES string of the molecule is COC(=O)c1ccc(-c2nc(NCc3ccc(OC)c(Cl)c3)c3c(C)c(C)sc3n2)cc1. The Bertz CT molecular complexity index is 1300. The Labute approximate surface area is 195 Å². The van der Waals surface area contributed by atoms with Crippen LogP contribution >= 0.6 is 22.9 Å². The molecule has 0 fully saturated rings. The summed E-state index contributed by atoms with van der Waals surface area (Å²) in [5.74, 6) is 1.61. The second-order valence-corrected chi connectivity index (χ2v) is 8.86. The highest BCUT2D eigenvalue weighted by molar-refractivity contribution is 7.18. The number of carbonyl (C=O) groups is 1. The molecular weight excluding hydrogens is 446 g/mol. The molecular formula is C24H22ClN3O3S. The number of methoxy groups -OCH3 is 2. The van der Waals surface area contributed by atoms with Gasteiger partial charge >= 0.3 is 5.97 Å². The predicted octanol–water partition coefficient (Wildman–Crippen LogP) is 6.04. The molecule has 0 radical (unpaired) electrons. The van der Waals surface area contributed by atoms with Crippen LogP contribution in [0.5, 0.6) is 5.75 Å². The van der Waals surface area contributed by atoms with Crippen LogP contribution in [0.3, 0.4) is 0 Å². The number of halogens is 1. The number of thiophene rings is 1. The number of carbonyl (C=O) groups excluding carboxylic acids is 1. The first kappa shape index (κ1) is 22.0. The molecule has 0 saturated carbocycles. The fraction of sp³-hybridized carbons (Fsp3) is 0.208. The number of anilines is 1. The van der Waals surface area contributed by atoms with E-state index < -0.39 is 0 Å². The van der Waals surface area contributed by atoms with Crippen molar-refractivity contribution in [3.05, 3.63) is 69.1 Å². The van der Waals surface area contributed by atoms with Crippen LogP contribution in [0.4, 0.5) is 5.82 Å². The highest BCUT2D eigenvalue weighted by Crippen LogP contribution is 2.35. The van der Waals surface area contributed by atoms with Gasteiger partial charge in [0.05, 0.1) is 30.2 Å². The first-order valence-electron chi connectivity index (χ1n) is 9.94. The van der Waals surface area contributed by atoms with E-state index in [4.69, 9.17) is 31.0 Å². The number of hydrogen-bond donors (Lipinski definition) is 1. The first-order valence-corrected chi connectivity index (χ1v) is 11.1. The molecule has 0 atom stereocenters. The van der Waals surface area contributed by atoms with Crippen LogP contribution in [-0.4, -0.2) is 30.2 Å². The third-order valence-electron chi connectivity index (χ3n) is 5.27. The average molecular weight is 468 g/mol. The largest absolute Gasteiger partial charge is 0.495 e. The minimum atomic E-state index is -0.377. The summed E-state index contributed by atoms with van der Waals surface area (Å²) < 4.78 is 10.0. The number of fused-ring (bicyclic) bond motifs is 1. The predicted molar refractivity (Wildman–Crippen MR) is 129 cm³/mol. The smallest absolute Gasteiger partial charge is 0.337 e. The number of aryl methyl sites for hydroxylation is 2. The lowest BCUT2D eigenvalue weighted by atomic mass is 10.1. The van der Waals surface area contributed by atoms with E-state index >= 15 is 0 Å². The summed E-state index contributed by atoms with van der Waals surface area (Å²) in [5, 5.41) is 5.03. The Morgan fingerprint density at radius 2 is 1.84 bits per heavy atom. The van der Waals surface area contributed by atoms with Gasteiger partial charge in [-0.1, -0.05) is 29.8 Å². The van der Waals surface area contributed by atoms with Gasteiger partial charge < -0.3 is 14.8 Å². The van der Waals surface area contributed by atoms with Crippen molar-refractivity contribution in [3.63, 3.8) is 0 Å². The van der Waals surface area contributed by atoms with E-state index in [1.807, 2.05) is 30.3 Å². The van der Waals surface area contributed by atoms with Crippen molar-refractivity contribution >= 4 is 44.9 Å². The highest BCUT2D eigenvalue weighted by atomic mass is 35.5. The number of esters is 1. The molecule has 0 amide bonds. The molecule has 164 valence electrons. The molecule has 32 heavy (non-hydrogen) atoms. The summed E-state index contributed by atoms with van der Waals surface area (Å²) >= 11 is 7.92. The molecule has 0 aliphatic carbocycles. The maximum Gasteiger partial charge on any atom is 0.337 e. The molecule has 0 aliphatic heterocycles. The fourth-order valence-electron chi connectivity index (χ4n) is 3.39. The Balaban J connectivity index is 1.71. The van der Waals surface area contributed by atoms with Crippen LogP contribution in [-0.2, 0) is 11.3 Å². The van der Waals surface area contributed by atoms with Gasteiger partial charge in [0.25, 0.3) is 0 Å². The Hall–Kier alpha value is -3.16. The van der Waals surface area contributed by atoms with Gasteiger partial charge in [-0.25, -0.2) is 14.8 Å². The summed E-state index contributed by atoms with van der Waals surface area (Å²) in [5.41, 5.74) is 3.47. The third-order valence-corrected chi connectivity index (χ3v) is 6.67. The fourth-order valence-corrected chi connectivity index (χ4v) is 4.69. The molecule has 2 aromatic heterocycles. The van der Waals surface area contributed by atoms with Gasteiger partial charge in [-0.15, -0.1) is 11.3 Å². The molecule has 0 bridgehead atoms. The van der Waals surface area contributed by atoms with Crippen LogP contribution in [0, 0.1) is 13.8 Å². The van der Waals surface area contributed by atoms with Crippen LogP contribution in [0.15, 0.2) is 42.5 Å². The number of aromatic nitrogens is 2. The van der Waals surface area contributed by atoms with Gasteiger partial charge in [0.15, 0.2) is 5.82 Å². The van der Waals surface area contributed by atoms with Crippen LogP contribution in [0.2, 0.25) is 5.02 Å². The summed E-state index contributed by atoms with van der Waals surface area (Å²) in [6.07, 6.45) is 0. The highest BCUT2D eigenvalue weighted by Gasteiger charge is 2.16. The zero-order valence-electron chi connectivity index (χ0n) is 18.2. The van der Waals surface area contributed by atoms with Crippen LogP contribution in [0.1, 0.15) is 26.4 Å². The van der Waals surface area contributed by atoms with E-state index in [1.54, 1.807) is 30.6 Å². The van der Waals surface area contributed by atoms with Gasteiger partial charge in [-0.2, -0.15) is 0 Å². The normalized spacial score (nSPS) is 10.9. The molecule has 2 aromatic carbocycles. The number of hydrogen-bond acceptors (Lipinski definition) is 7. The molecule has 0 saturated heterocycles. The lowest BCUT2D eigenvalue weighted by Crippen LogP contribution is -2.04. The van der Waals surface area contributed by atoms with Gasteiger partial charge in [-0.3, -0.25) is 0 Å². The van der Waals surface area contributed by atoms with E-state index in [-0.39, 0.29) is 5.97 Å². The van der Waals surface area contributed by atoms with Crippen LogP contribution < -0.4 is 10.1 Å². The number of rotatable bonds is 6.